The van der Waals surface area contributed by atoms with Crippen molar-refractivity contribution in [3.63, 3.8) is 0 Å². The van der Waals surface area contributed by atoms with Crippen LogP contribution in [-0.2, 0) is 0 Å². The summed E-state index contributed by atoms with van der Waals surface area (Å²) in [6.07, 6.45) is 4.99. The molecule has 0 amide bonds. The fourth-order valence-corrected chi connectivity index (χ4v) is 2.27. The summed E-state index contributed by atoms with van der Waals surface area (Å²) in [5.41, 5.74) is 1.67. The van der Waals surface area contributed by atoms with E-state index in [4.69, 9.17) is 9.68 Å². The lowest BCUT2D eigenvalue weighted by Crippen LogP contribution is -1.92. The Morgan fingerprint density at radius 1 is 1.20 bits per heavy atom. The van der Waals surface area contributed by atoms with Crippen LogP contribution in [0.3, 0.4) is 0 Å². The smallest absolute Gasteiger partial charge is 0.173 e. The normalized spacial score (nSPS) is 10.9. The molecule has 1 aromatic carbocycles. The van der Waals surface area contributed by atoms with Gasteiger partial charge in [0.25, 0.3) is 0 Å². The number of nitrogens with zero attached hydrogens (tertiary/aromatic N) is 4. The van der Waals surface area contributed by atoms with Crippen molar-refractivity contribution in [3.05, 3.63) is 54.6 Å². The topological polar surface area (TPSA) is 67.1 Å². The van der Waals surface area contributed by atoms with Gasteiger partial charge in [0.2, 0.25) is 0 Å². The largest absolute Gasteiger partial charge is 0.461 e. The summed E-state index contributed by atoms with van der Waals surface area (Å²) in [6.45, 7) is 0. The van der Waals surface area contributed by atoms with E-state index in [1.807, 2.05) is 30.3 Å². The average Bonchev–Trinajstić information content (AvgIpc) is 3.10. The first kappa shape index (κ1) is 10.8. The highest BCUT2D eigenvalue weighted by Crippen LogP contribution is 2.29. The number of benzene rings is 1. The second kappa shape index (κ2) is 3.93. The van der Waals surface area contributed by atoms with Gasteiger partial charge in [-0.15, -0.1) is 0 Å². The molecule has 0 fully saturated rings. The lowest BCUT2D eigenvalue weighted by molar-refractivity contribution is 0.585. The van der Waals surface area contributed by atoms with E-state index in [1.54, 1.807) is 17.0 Å². The molecule has 0 saturated carbocycles. The van der Waals surface area contributed by atoms with Crippen molar-refractivity contribution in [2.75, 3.05) is 0 Å². The molecule has 0 bridgehead atoms. The molecule has 3 heterocycles. The molecular formula is C15H8N4O. The standard InChI is InChI=1S/C15H8N4O/c16-7-11-8-17-19-6-5-13(18-15(11)19)14-12-4-2-1-3-10(12)9-20-14/h1-6,8-9H. The third-order valence-corrected chi connectivity index (χ3v) is 3.23. The third-order valence-electron chi connectivity index (χ3n) is 3.23. The third kappa shape index (κ3) is 1.42. The van der Waals surface area contributed by atoms with Crippen LogP contribution in [0.5, 0.6) is 0 Å². The molecule has 3 aromatic heterocycles. The molecule has 0 unspecified atom stereocenters. The zero-order valence-corrected chi connectivity index (χ0v) is 10.3. The number of rotatable bonds is 1. The number of nitriles is 1. The maximum absolute atomic E-state index is 9.05. The number of aromatic nitrogens is 3. The Bertz CT molecular complexity index is 974. The van der Waals surface area contributed by atoms with Gasteiger partial charge < -0.3 is 4.42 Å². The van der Waals surface area contributed by atoms with Crippen LogP contribution in [0.1, 0.15) is 5.56 Å². The van der Waals surface area contributed by atoms with E-state index in [1.165, 1.54) is 6.20 Å². The van der Waals surface area contributed by atoms with Crippen LogP contribution in [0.4, 0.5) is 0 Å². The molecule has 20 heavy (non-hydrogen) atoms. The monoisotopic (exact) mass is 260 g/mol. The SMILES string of the molecule is N#Cc1cnn2ccc(-c3occ4ccccc34)nc12. The molecule has 0 aliphatic heterocycles. The lowest BCUT2D eigenvalue weighted by Gasteiger charge is -1.99. The molecular weight excluding hydrogens is 252 g/mol. The zero-order valence-electron chi connectivity index (χ0n) is 10.3. The average molecular weight is 260 g/mol. The van der Waals surface area contributed by atoms with Crippen LogP contribution in [0.25, 0.3) is 27.9 Å². The van der Waals surface area contributed by atoms with Crippen LogP contribution >= 0.6 is 0 Å². The van der Waals surface area contributed by atoms with Crippen LogP contribution in [0.15, 0.2) is 53.4 Å². The van der Waals surface area contributed by atoms with E-state index in [0.29, 0.717) is 22.7 Å². The van der Waals surface area contributed by atoms with Gasteiger partial charge in [0, 0.05) is 17.0 Å². The maximum Gasteiger partial charge on any atom is 0.173 e. The van der Waals surface area contributed by atoms with E-state index in [9.17, 15) is 0 Å². The Balaban J connectivity index is 2.00. The van der Waals surface area contributed by atoms with Crippen molar-refractivity contribution in [1.29, 1.82) is 5.26 Å². The minimum atomic E-state index is 0.447. The molecule has 4 rings (SSSR count). The summed E-state index contributed by atoms with van der Waals surface area (Å²) in [7, 11) is 0. The second-order valence-corrected chi connectivity index (χ2v) is 4.40. The van der Waals surface area contributed by atoms with Gasteiger partial charge in [0.05, 0.1) is 12.5 Å². The molecule has 0 aliphatic rings. The number of hydrogen-bond donors (Lipinski definition) is 0. The minimum absolute atomic E-state index is 0.447. The van der Waals surface area contributed by atoms with Gasteiger partial charge in [-0.05, 0) is 6.07 Å². The molecule has 0 N–H and O–H groups in total. The number of fused-ring (bicyclic) bond motifs is 2. The van der Waals surface area contributed by atoms with E-state index < -0.39 is 0 Å². The van der Waals surface area contributed by atoms with Crippen molar-refractivity contribution in [3.8, 4) is 17.5 Å². The zero-order chi connectivity index (χ0) is 13.5. The summed E-state index contributed by atoms with van der Waals surface area (Å²) in [4.78, 5) is 4.48. The Labute approximate surface area is 113 Å². The minimum Gasteiger partial charge on any atom is -0.461 e. The molecule has 0 radical (unpaired) electrons. The van der Waals surface area contributed by atoms with Gasteiger partial charge in [-0.25, -0.2) is 9.50 Å². The molecule has 0 atom stereocenters. The molecule has 4 aromatic rings. The van der Waals surface area contributed by atoms with Crippen molar-refractivity contribution in [2.24, 2.45) is 0 Å². The number of furan rings is 1. The summed E-state index contributed by atoms with van der Waals surface area (Å²) in [5, 5.41) is 15.2. The van der Waals surface area contributed by atoms with Gasteiger partial charge in [-0.1, -0.05) is 24.3 Å². The van der Waals surface area contributed by atoms with Gasteiger partial charge in [-0.2, -0.15) is 10.4 Å². The van der Waals surface area contributed by atoms with Crippen LogP contribution < -0.4 is 0 Å². The van der Waals surface area contributed by atoms with E-state index in [-0.39, 0.29) is 0 Å². The predicted molar refractivity (Wildman–Crippen MR) is 72.9 cm³/mol. The van der Waals surface area contributed by atoms with E-state index in [0.717, 1.165) is 10.8 Å². The highest BCUT2D eigenvalue weighted by atomic mass is 16.3. The van der Waals surface area contributed by atoms with Crippen molar-refractivity contribution in [2.45, 2.75) is 0 Å². The molecule has 0 aliphatic carbocycles. The summed E-state index contributed by atoms with van der Waals surface area (Å²) in [6, 6.07) is 11.8. The summed E-state index contributed by atoms with van der Waals surface area (Å²) < 4.78 is 7.20. The first-order valence-corrected chi connectivity index (χ1v) is 6.08. The Hall–Kier alpha value is -3.13. The second-order valence-electron chi connectivity index (χ2n) is 4.40. The van der Waals surface area contributed by atoms with Crippen LogP contribution in [0, 0.1) is 11.3 Å². The number of hydrogen-bond acceptors (Lipinski definition) is 4. The van der Waals surface area contributed by atoms with E-state index >= 15 is 0 Å². The predicted octanol–water partition coefficient (Wildman–Crippen LogP) is 3.01. The molecule has 94 valence electrons. The first-order valence-electron chi connectivity index (χ1n) is 6.08. The highest BCUT2D eigenvalue weighted by molar-refractivity contribution is 5.93. The van der Waals surface area contributed by atoms with Crippen LogP contribution in [0.2, 0.25) is 0 Å². The quantitative estimate of drug-likeness (QED) is 0.527. The Morgan fingerprint density at radius 3 is 3.00 bits per heavy atom. The Kier molecular flexibility index (Phi) is 2.12. The summed E-state index contributed by atoms with van der Waals surface area (Å²) in [5.74, 6) is 0.702. The van der Waals surface area contributed by atoms with Gasteiger partial charge >= 0.3 is 0 Å². The van der Waals surface area contributed by atoms with Crippen molar-refractivity contribution < 1.29 is 4.42 Å². The van der Waals surface area contributed by atoms with E-state index in [2.05, 4.69) is 16.2 Å². The van der Waals surface area contributed by atoms with Crippen molar-refractivity contribution in [1.82, 2.24) is 14.6 Å². The van der Waals surface area contributed by atoms with Crippen molar-refractivity contribution >= 4 is 16.4 Å². The fraction of sp³-hybridized carbons (Fsp3) is 0. The lowest BCUT2D eigenvalue weighted by atomic mass is 10.1. The van der Waals surface area contributed by atoms with Gasteiger partial charge in [0.15, 0.2) is 11.4 Å². The molecule has 0 spiro atoms. The molecule has 5 nitrogen and oxygen atoms in total. The van der Waals surface area contributed by atoms with Crippen LogP contribution in [-0.4, -0.2) is 14.6 Å². The Morgan fingerprint density at radius 2 is 2.10 bits per heavy atom. The molecule has 5 heteroatoms. The summed E-state index contributed by atoms with van der Waals surface area (Å²) >= 11 is 0. The highest BCUT2D eigenvalue weighted by Gasteiger charge is 2.12. The first-order chi connectivity index (χ1) is 9.86. The fourth-order valence-electron chi connectivity index (χ4n) is 2.27. The van der Waals surface area contributed by atoms with Gasteiger partial charge in [0.1, 0.15) is 17.3 Å². The maximum atomic E-state index is 9.05. The molecule has 0 saturated heterocycles. The van der Waals surface area contributed by atoms with Gasteiger partial charge in [-0.3, -0.25) is 0 Å².